The number of nitrogens with zero attached hydrogens (tertiary/aromatic N) is 2. The number of hydrogen-bond acceptors (Lipinski definition) is 4. The topological polar surface area (TPSA) is 89.2 Å². The molecule has 0 unspecified atom stereocenters. The Kier molecular flexibility index (Phi) is 4.94. The monoisotopic (exact) mass is 338 g/mol. The normalized spacial score (nSPS) is 11.7. The molecule has 0 saturated carbocycles. The van der Waals surface area contributed by atoms with Crippen molar-refractivity contribution in [3.8, 4) is 0 Å². The molecule has 7 heteroatoms. The van der Waals surface area contributed by atoms with Gasteiger partial charge in [0.1, 0.15) is 11.8 Å². The van der Waals surface area contributed by atoms with Gasteiger partial charge in [0.05, 0.1) is 6.26 Å². The van der Waals surface area contributed by atoms with E-state index in [4.69, 9.17) is 4.42 Å². The molecule has 7 nitrogen and oxygen atoms in total. The summed E-state index contributed by atoms with van der Waals surface area (Å²) in [5, 5.41) is 9.38. The largest absolute Gasteiger partial charge is 0.467 e. The highest BCUT2D eigenvalue weighted by atomic mass is 16.3. The van der Waals surface area contributed by atoms with E-state index < -0.39 is 11.8 Å². The molecule has 0 aliphatic rings. The van der Waals surface area contributed by atoms with Gasteiger partial charge in [-0.2, -0.15) is 5.10 Å². The Morgan fingerprint density at radius 1 is 1.20 bits per heavy atom. The summed E-state index contributed by atoms with van der Waals surface area (Å²) in [6.45, 7) is 2.09. The Morgan fingerprint density at radius 3 is 2.76 bits per heavy atom. The third kappa shape index (κ3) is 4.14. The lowest BCUT2D eigenvalue weighted by Gasteiger charge is -2.16. The lowest BCUT2D eigenvalue weighted by molar-refractivity contribution is -0.136. The number of carbonyl (C=O) groups excluding carboxylic acids is 2. The second-order valence-corrected chi connectivity index (χ2v) is 5.55. The van der Waals surface area contributed by atoms with Crippen LogP contribution in [-0.2, 0) is 9.59 Å². The Hall–Kier alpha value is -3.35. The van der Waals surface area contributed by atoms with Crippen LogP contribution in [-0.4, -0.2) is 28.1 Å². The Bertz CT molecular complexity index is 807. The van der Waals surface area contributed by atoms with E-state index in [0.717, 1.165) is 5.56 Å². The van der Waals surface area contributed by atoms with Gasteiger partial charge in [0.25, 0.3) is 0 Å². The van der Waals surface area contributed by atoms with Crippen molar-refractivity contribution < 1.29 is 14.0 Å². The van der Waals surface area contributed by atoms with Crippen molar-refractivity contribution in [2.24, 2.45) is 0 Å². The van der Waals surface area contributed by atoms with E-state index >= 15 is 0 Å². The summed E-state index contributed by atoms with van der Waals surface area (Å²) in [5.41, 5.74) is 1.57. The number of hydrogen-bond donors (Lipinski definition) is 2. The minimum Gasteiger partial charge on any atom is -0.467 e. The third-order valence-electron chi connectivity index (χ3n) is 3.65. The molecule has 25 heavy (non-hydrogen) atoms. The fraction of sp³-hybridized carbons (Fsp3) is 0.167. The van der Waals surface area contributed by atoms with E-state index in [0.29, 0.717) is 11.4 Å². The molecule has 0 spiro atoms. The van der Waals surface area contributed by atoms with Crippen LogP contribution < -0.4 is 10.6 Å². The highest BCUT2D eigenvalue weighted by Crippen LogP contribution is 2.17. The molecule has 2 amide bonds. The molecule has 0 aliphatic carbocycles. The molecule has 0 fully saturated rings. The van der Waals surface area contributed by atoms with Crippen molar-refractivity contribution in [3.05, 3.63) is 72.4 Å². The molecule has 0 aliphatic heterocycles. The van der Waals surface area contributed by atoms with Crippen LogP contribution in [0.1, 0.15) is 17.4 Å². The zero-order valence-electron chi connectivity index (χ0n) is 13.7. The maximum atomic E-state index is 12.1. The molecule has 0 radical (unpaired) electrons. The lowest BCUT2D eigenvalue weighted by atomic mass is 10.2. The average Bonchev–Trinajstić information content (AvgIpc) is 3.29. The summed E-state index contributed by atoms with van der Waals surface area (Å²) < 4.78 is 7.07. The predicted octanol–water partition coefficient (Wildman–Crippen LogP) is 2.13. The summed E-state index contributed by atoms with van der Waals surface area (Å²) >= 11 is 0. The Morgan fingerprint density at radius 2 is 2.08 bits per heavy atom. The van der Waals surface area contributed by atoms with E-state index in [9.17, 15) is 9.59 Å². The Labute approximate surface area is 144 Å². The smallest absolute Gasteiger partial charge is 0.313 e. The fourth-order valence-electron chi connectivity index (χ4n) is 2.45. The van der Waals surface area contributed by atoms with Crippen molar-refractivity contribution in [1.29, 1.82) is 0 Å². The molecule has 1 aromatic carbocycles. The van der Waals surface area contributed by atoms with E-state index in [-0.39, 0.29) is 12.6 Å². The molecule has 128 valence electrons. The molecule has 2 N–H and O–H groups in total. The molecule has 3 rings (SSSR count). The van der Waals surface area contributed by atoms with E-state index in [1.807, 2.05) is 19.1 Å². The minimum atomic E-state index is -0.718. The second-order valence-electron chi connectivity index (χ2n) is 5.55. The van der Waals surface area contributed by atoms with Crippen molar-refractivity contribution >= 4 is 17.5 Å². The van der Waals surface area contributed by atoms with E-state index in [1.165, 1.54) is 0 Å². The van der Waals surface area contributed by atoms with Gasteiger partial charge in [0.2, 0.25) is 0 Å². The summed E-state index contributed by atoms with van der Waals surface area (Å²) in [6, 6.07) is 12.3. The molecule has 0 saturated heterocycles. The quantitative estimate of drug-likeness (QED) is 0.698. The zero-order chi connectivity index (χ0) is 17.6. The minimum absolute atomic E-state index is 0.176. The van der Waals surface area contributed by atoms with Gasteiger partial charge < -0.3 is 15.1 Å². The molecular weight excluding hydrogens is 320 g/mol. The van der Waals surface area contributed by atoms with Crippen LogP contribution in [0.15, 0.2) is 65.5 Å². The van der Waals surface area contributed by atoms with Gasteiger partial charge in [-0.25, -0.2) is 0 Å². The number of anilines is 1. The first-order valence-electron chi connectivity index (χ1n) is 7.82. The number of aryl methyl sites for hydroxylation is 1. The fourth-order valence-corrected chi connectivity index (χ4v) is 2.45. The van der Waals surface area contributed by atoms with Crippen LogP contribution in [0, 0.1) is 6.92 Å². The predicted molar refractivity (Wildman–Crippen MR) is 91.9 cm³/mol. The Balaban J connectivity index is 1.62. The molecule has 0 bridgehead atoms. The molecule has 3 aromatic rings. The maximum absolute atomic E-state index is 12.1. The SMILES string of the molecule is Cc1cccc(NC(=O)C(=O)NC[C@@H](c2ccco2)n2cccn2)c1. The van der Waals surface area contributed by atoms with Gasteiger partial charge in [-0.1, -0.05) is 12.1 Å². The van der Waals surface area contributed by atoms with E-state index in [2.05, 4.69) is 15.7 Å². The van der Waals surface area contributed by atoms with Crippen LogP contribution in [0.2, 0.25) is 0 Å². The second kappa shape index (κ2) is 7.48. The van der Waals surface area contributed by atoms with E-state index in [1.54, 1.807) is 53.7 Å². The number of nitrogens with one attached hydrogen (secondary N) is 2. The standard InChI is InChI=1S/C18H18N4O3/c1-13-5-2-6-14(11-13)21-18(24)17(23)19-12-15(16-7-3-10-25-16)22-9-4-8-20-22/h2-11,15H,12H2,1H3,(H,19,23)(H,21,24)/t15-/m0/s1. The van der Waals surface area contributed by atoms with Gasteiger partial charge in [0, 0.05) is 24.6 Å². The first-order valence-corrected chi connectivity index (χ1v) is 7.82. The van der Waals surface area contributed by atoms with Crippen molar-refractivity contribution in [1.82, 2.24) is 15.1 Å². The van der Waals surface area contributed by atoms with Crippen LogP contribution >= 0.6 is 0 Å². The van der Waals surface area contributed by atoms with Gasteiger partial charge >= 0.3 is 11.8 Å². The number of aromatic nitrogens is 2. The molecule has 2 heterocycles. The summed E-state index contributed by atoms with van der Waals surface area (Å²) in [4.78, 5) is 24.1. The summed E-state index contributed by atoms with van der Waals surface area (Å²) in [7, 11) is 0. The highest BCUT2D eigenvalue weighted by Gasteiger charge is 2.20. The number of amides is 2. The van der Waals surface area contributed by atoms with Crippen molar-refractivity contribution in [2.45, 2.75) is 13.0 Å². The number of benzene rings is 1. The van der Waals surface area contributed by atoms with Crippen molar-refractivity contribution in [2.75, 3.05) is 11.9 Å². The first-order chi connectivity index (χ1) is 12.1. The van der Waals surface area contributed by atoms with Crippen LogP contribution in [0.3, 0.4) is 0 Å². The number of furan rings is 1. The first kappa shape index (κ1) is 16.5. The van der Waals surface area contributed by atoms with Gasteiger partial charge in [-0.05, 0) is 42.8 Å². The highest BCUT2D eigenvalue weighted by molar-refractivity contribution is 6.39. The number of rotatable bonds is 5. The summed E-state index contributed by atoms with van der Waals surface area (Å²) in [6.07, 6.45) is 4.96. The van der Waals surface area contributed by atoms with Crippen LogP contribution in [0.5, 0.6) is 0 Å². The van der Waals surface area contributed by atoms with Crippen molar-refractivity contribution in [3.63, 3.8) is 0 Å². The average molecular weight is 338 g/mol. The zero-order valence-corrected chi connectivity index (χ0v) is 13.7. The molecular formula is C18H18N4O3. The summed E-state index contributed by atoms with van der Waals surface area (Å²) in [5.74, 6) is -0.794. The number of carbonyl (C=O) groups is 2. The van der Waals surface area contributed by atoms with Gasteiger partial charge in [0.15, 0.2) is 0 Å². The maximum Gasteiger partial charge on any atom is 0.313 e. The molecule has 2 aromatic heterocycles. The lowest BCUT2D eigenvalue weighted by Crippen LogP contribution is -2.38. The van der Waals surface area contributed by atoms with Gasteiger partial charge in [-0.15, -0.1) is 0 Å². The van der Waals surface area contributed by atoms with Crippen LogP contribution in [0.4, 0.5) is 5.69 Å². The molecule has 1 atom stereocenters. The van der Waals surface area contributed by atoms with Crippen LogP contribution in [0.25, 0.3) is 0 Å². The third-order valence-corrected chi connectivity index (χ3v) is 3.65. The van der Waals surface area contributed by atoms with Gasteiger partial charge in [-0.3, -0.25) is 14.3 Å².